The maximum atomic E-state index is 14.9. The number of ether oxygens (including phenoxy) is 1. The number of hydrogen-bond donors (Lipinski definition) is 2. The minimum Gasteiger partial charge on any atom is -0.493 e. The van der Waals surface area contributed by atoms with E-state index in [1.807, 2.05) is 42.5 Å². The predicted octanol–water partition coefficient (Wildman–Crippen LogP) is 2.99. The number of fused-ring (bicyclic) bond motifs is 1. The zero-order valence-electron chi connectivity index (χ0n) is 17.5. The van der Waals surface area contributed by atoms with Gasteiger partial charge >= 0.3 is 0 Å². The van der Waals surface area contributed by atoms with E-state index in [2.05, 4.69) is 10.2 Å². The Morgan fingerprint density at radius 1 is 1.13 bits per heavy atom. The first-order valence-electron chi connectivity index (χ1n) is 10.7. The lowest BCUT2D eigenvalue weighted by Gasteiger charge is -2.31. The van der Waals surface area contributed by atoms with Crippen LogP contribution < -0.4 is 15.8 Å². The van der Waals surface area contributed by atoms with Crippen molar-refractivity contribution in [2.45, 2.75) is 45.1 Å². The van der Waals surface area contributed by atoms with Gasteiger partial charge in [-0.3, -0.25) is 14.5 Å². The van der Waals surface area contributed by atoms with E-state index in [4.69, 9.17) is 10.5 Å². The lowest BCUT2D eigenvalue weighted by Crippen LogP contribution is -2.31. The monoisotopic (exact) mass is 425 g/mol. The van der Waals surface area contributed by atoms with Crippen molar-refractivity contribution in [3.05, 3.63) is 64.7 Å². The van der Waals surface area contributed by atoms with Crippen molar-refractivity contribution in [1.29, 1.82) is 0 Å². The fraction of sp³-hybridized carbons (Fsp3) is 0.417. The van der Waals surface area contributed by atoms with E-state index in [-0.39, 0.29) is 6.42 Å². The number of rotatable bonds is 9. The molecule has 1 aliphatic heterocycles. The number of alkyl halides is 1. The van der Waals surface area contributed by atoms with Crippen molar-refractivity contribution in [2.24, 2.45) is 11.7 Å². The van der Waals surface area contributed by atoms with Gasteiger partial charge in [-0.25, -0.2) is 4.39 Å². The minimum absolute atomic E-state index is 0.312. The Hall–Kier alpha value is -2.93. The number of hydrogen-bond acceptors (Lipinski definition) is 4. The van der Waals surface area contributed by atoms with E-state index in [9.17, 15) is 14.0 Å². The molecule has 1 heterocycles. The molecule has 1 saturated carbocycles. The summed E-state index contributed by atoms with van der Waals surface area (Å²) in [6.45, 7) is 2.76. The third-order valence-corrected chi connectivity index (χ3v) is 5.70. The predicted molar refractivity (Wildman–Crippen MR) is 115 cm³/mol. The van der Waals surface area contributed by atoms with Crippen LogP contribution in [0.4, 0.5) is 4.39 Å². The number of nitrogens with zero attached hydrogens (tertiary/aromatic N) is 1. The number of carbonyl (C=O) groups is 2. The molecule has 1 atom stereocenters. The molecule has 164 valence electrons. The molecule has 1 unspecified atom stereocenters. The molecule has 0 radical (unpaired) electrons. The van der Waals surface area contributed by atoms with E-state index in [1.165, 1.54) is 12.8 Å². The van der Waals surface area contributed by atoms with Gasteiger partial charge < -0.3 is 15.8 Å². The third-order valence-electron chi connectivity index (χ3n) is 5.70. The molecule has 31 heavy (non-hydrogen) atoms. The van der Waals surface area contributed by atoms with Crippen LogP contribution in [0.3, 0.4) is 0 Å². The summed E-state index contributed by atoms with van der Waals surface area (Å²) in [6, 6.07) is 13.6. The van der Waals surface area contributed by atoms with Crippen LogP contribution in [-0.2, 0) is 29.2 Å². The highest BCUT2D eigenvalue weighted by Crippen LogP contribution is 2.34. The van der Waals surface area contributed by atoms with Crippen molar-refractivity contribution in [3.63, 3.8) is 0 Å². The molecule has 2 aliphatic rings. The second-order valence-electron chi connectivity index (χ2n) is 8.49. The molecule has 7 heteroatoms. The summed E-state index contributed by atoms with van der Waals surface area (Å²) in [5, 5.41) is 2.66. The molecular weight excluding hydrogens is 397 g/mol. The van der Waals surface area contributed by atoms with Crippen LogP contribution in [-0.4, -0.2) is 29.9 Å². The molecule has 0 bridgehead atoms. The molecule has 0 spiro atoms. The van der Waals surface area contributed by atoms with E-state index in [0.717, 1.165) is 34.6 Å². The van der Waals surface area contributed by atoms with Gasteiger partial charge in [0.2, 0.25) is 11.8 Å². The molecule has 3 N–H and O–H groups in total. The van der Waals surface area contributed by atoms with Crippen LogP contribution in [0.5, 0.6) is 5.75 Å². The number of halogens is 1. The number of nitrogens with one attached hydrogen (secondary N) is 1. The lowest BCUT2D eigenvalue weighted by atomic mass is 9.97. The topological polar surface area (TPSA) is 84.7 Å². The SMILES string of the molecule is NC(=O)CC(=O)NCc1ccc(CN2Cc3ccc(OCC4CC4)cc3C(F)C2)cc1. The van der Waals surface area contributed by atoms with Crippen molar-refractivity contribution in [1.82, 2.24) is 10.2 Å². The first-order chi connectivity index (χ1) is 15.0. The van der Waals surface area contributed by atoms with Crippen molar-refractivity contribution in [2.75, 3.05) is 13.2 Å². The Morgan fingerprint density at radius 3 is 2.58 bits per heavy atom. The van der Waals surface area contributed by atoms with Gasteiger partial charge in [0.25, 0.3) is 0 Å². The molecule has 0 saturated heterocycles. The smallest absolute Gasteiger partial charge is 0.229 e. The summed E-state index contributed by atoms with van der Waals surface area (Å²) in [7, 11) is 0. The maximum Gasteiger partial charge on any atom is 0.229 e. The standard InChI is InChI=1S/C24H28FN3O3/c25-22-14-28(13-19-7-8-20(9-21(19)22)31-15-18-5-6-18)12-17-3-1-16(2-4-17)11-27-24(30)10-23(26)29/h1-4,7-9,18,22H,5-6,10-15H2,(H2,26,29)(H,27,30). The zero-order chi connectivity index (χ0) is 21.8. The van der Waals surface area contributed by atoms with Gasteiger partial charge in [-0.05, 0) is 53.1 Å². The Balaban J connectivity index is 1.30. The molecule has 0 aromatic heterocycles. The summed E-state index contributed by atoms with van der Waals surface area (Å²) in [5.41, 5.74) is 8.76. The zero-order valence-corrected chi connectivity index (χ0v) is 17.5. The quantitative estimate of drug-likeness (QED) is 0.605. The summed E-state index contributed by atoms with van der Waals surface area (Å²) < 4.78 is 20.7. The van der Waals surface area contributed by atoms with Crippen LogP contribution in [0.1, 0.15) is 47.7 Å². The van der Waals surface area contributed by atoms with Crippen molar-refractivity contribution < 1.29 is 18.7 Å². The van der Waals surface area contributed by atoms with Gasteiger partial charge in [0.15, 0.2) is 0 Å². The average Bonchev–Trinajstić information content (AvgIpc) is 3.56. The molecule has 4 rings (SSSR count). The summed E-state index contributed by atoms with van der Waals surface area (Å²) >= 11 is 0. The second-order valence-corrected chi connectivity index (χ2v) is 8.49. The summed E-state index contributed by atoms with van der Waals surface area (Å²) in [6.07, 6.45) is 1.12. The first kappa shape index (κ1) is 21.3. The van der Waals surface area contributed by atoms with Crippen LogP contribution in [0, 0.1) is 5.92 Å². The molecule has 2 aromatic rings. The van der Waals surface area contributed by atoms with Crippen LogP contribution in [0.25, 0.3) is 0 Å². The van der Waals surface area contributed by atoms with Crippen molar-refractivity contribution >= 4 is 11.8 Å². The summed E-state index contributed by atoms with van der Waals surface area (Å²) in [5.74, 6) is 0.397. The van der Waals surface area contributed by atoms with Gasteiger partial charge in [0, 0.05) is 26.2 Å². The van der Waals surface area contributed by atoms with Gasteiger partial charge in [-0.1, -0.05) is 30.3 Å². The fourth-order valence-corrected chi connectivity index (χ4v) is 3.79. The minimum atomic E-state index is -1.03. The van der Waals surface area contributed by atoms with Crippen LogP contribution in [0.2, 0.25) is 0 Å². The number of nitrogens with two attached hydrogens (primary N) is 1. The molecule has 1 aliphatic carbocycles. The largest absolute Gasteiger partial charge is 0.493 e. The average molecular weight is 426 g/mol. The van der Waals surface area contributed by atoms with Gasteiger partial charge in [0.05, 0.1) is 6.61 Å². The van der Waals surface area contributed by atoms with E-state index >= 15 is 0 Å². The summed E-state index contributed by atoms with van der Waals surface area (Å²) in [4.78, 5) is 24.4. The fourth-order valence-electron chi connectivity index (χ4n) is 3.79. The van der Waals surface area contributed by atoms with Crippen LogP contribution >= 0.6 is 0 Å². The van der Waals surface area contributed by atoms with E-state index in [0.29, 0.717) is 32.1 Å². The van der Waals surface area contributed by atoms with Gasteiger partial charge in [0.1, 0.15) is 18.3 Å². The molecule has 2 aromatic carbocycles. The van der Waals surface area contributed by atoms with Gasteiger partial charge in [-0.15, -0.1) is 0 Å². The highest BCUT2D eigenvalue weighted by atomic mass is 19.1. The molecule has 6 nitrogen and oxygen atoms in total. The van der Waals surface area contributed by atoms with E-state index < -0.39 is 18.0 Å². The number of primary amides is 1. The Kier molecular flexibility index (Phi) is 6.51. The second kappa shape index (κ2) is 9.47. The van der Waals surface area contributed by atoms with Gasteiger partial charge in [-0.2, -0.15) is 0 Å². The highest BCUT2D eigenvalue weighted by Gasteiger charge is 2.26. The third kappa shape index (κ3) is 6.04. The number of benzene rings is 2. The molecule has 2 amide bonds. The van der Waals surface area contributed by atoms with Crippen molar-refractivity contribution in [3.8, 4) is 5.75 Å². The Morgan fingerprint density at radius 2 is 1.87 bits per heavy atom. The van der Waals surface area contributed by atoms with Crippen LogP contribution in [0.15, 0.2) is 42.5 Å². The normalized spacial score (nSPS) is 18.3. The maximum absolute atomic E-state index is 14.9. The lowest BCUT2D eigenvalue weighted by molar-refractivity contribution is -0.127. The number of amides is 2. The Labute approximate surface area is 181 Å². The highest BCUT2D eigenvalue weighted by molar-refractivity contribution is 5.95. The first-order valence-corrected chi connectivity index (χ1v) is 10.7. The Bertz CT molecular complexity index is 944. The van der Waals surface area contributed by atoms with E-state index in [1.54, 1.807) is 0 Å². The molecule has 1 fully saturated rings. The molecular formula is C24H28FN3O3. The number of carbonyl (C=O) groups excluding carboxylic acids is 2.